The molecule has 0 aliphatic carbocycles. The Bertz CT molecular complexity index is 450. The topological polar surface area (TPSA) is 75.7 Å². The predicted molar refractivity (Wildman–Crippen MR) is 54.0 cm³/mol. The number of carboxylic acid groups (broad SMARTS) is 1. The van der Waals surface area contributed by atoms with Gasteiger partial charge in [0.15, 0.2) is 0 Å². The molecule has 0 spiro atoms. The summed E-state index contributed by atoms with van der Waals surface area (Å²) in [6.45, 7) is 3.28. The molecule has 1 aliphatic heterocycles. The van der Waals surface area contributed by atoms with Crippen LogP contribution in [0.1, 0.15) is 24.1 Å². The van der Waals surface area contributed by atoms with E-state index in [0.717, 1.165) is 0 Å². The van der Waals surface area contributed by atoms with Gasteiger partial charge in [-0.15, -0.1) is 11.6 Å². The highest BCUT2D eigenvalue weighted by atomic mass is 35.5. The van der Waals surface area contributed by atoms with E-state index in [0.29, 0.717) is 11.3 Å². The second-order valence-corrected chi connectivity index (χ2v) is 4.48. The van der Waals surface area contributed by atoms with Crippen molar-refractivity contribution in [3.05, 3.63) is 11.3 Å². The molecule has 0 fully saturated rings. The maximum Gasteiger partial charge on any atom is 0.313 e. The summed E-state index contributed by atoms with van der Waals surface area (Å²) in [6, 6.07) is 0. The molecule has 1 aromatic rings. The Morgan fingerprint density at radius 1 is 1.73 bits per heavy atom. The number of aliphatic imine (C=N–C) groups is 1. The van der Waals surface area contributed by atoms with E-state index in [-0.39, 0.29) is 5.88 Å². The average Bonchev–Trinajstić information content (AvgIpc) is 2.46. The van der Waals surface area contributed by atoms with Crippen LogP contribution in [0.15, 0.2) is 9.52 Å². The molecule has 2 heterocycles. The van der Waals surface area contributed by atoms with Gasteiger partial charge in [0.2, 0.25) is 0 Å². The van der Waals surface area contributed by atoms with Crippen LogP contribution in [-0.4, -0.2) is 27.3 Å². The first-order valence-corrected chi connectivity index (χ1v) is 4.74. The van der Waals surface area contributed by atoms with Crippen LogP contribution in [0.2, 0.25) is 0 Å². The minimum atomic E-state index is -1.05. The number of rotatable bonds is 1. The van der Waals surface area contributed by atoms with Crippen LogP contribution in [0.5, 0.6) is 0 Å². The molecular formula is C9H9ClN2O3. The highest BCUT2D eigenvalue weighted by Crippen LogP contribution is 2.43. The van der Waals surface area contributed by atoms with E-state index in [4.69, 9.17) is 21.2 Å². The second-order valence-electron chi connectivity index (χ2n) is 3.67. The zero-order valence-corrected chi connectivity index (χ0v) is 8.95. The number of alkyl halides is 1. The van der Waals surface area contributed by atoms with Crippen molar-refractivity contribution < 1.29 is 14.4 Å². The van der Waals surface area contributed by atoms with Crippen LogP contribution >= 0.6 is 11.6 Å². The molecule has 0 amide bonds. The summed E-state index contributed by atoms with van der Waals surface area (Å²) in [4.78, 5) is 14.1. The predicted octanol–water partition coefficient (Wildman–Crippen LogP) is 1.86. The maximum absolute atomic E-state index is 11.2. The lowest BCUT2D eigenvalue weighted by molar-refractivity contribution is -0.139. The van der Waals surface area contributed by atoms with Gasteiger partial charge in [0.05, 0.1) is 16.1 Å². The summed E-state index contributed by atoms with van der Waals surface area (Å²) in [5.41, 5.74) is 0.976. The lowest BCUT2D eigenvalue weighted by Gasteiger charge is -2.27. The Hall–Kier alpha value is -1.36. The molecule has 1 N–H and O–H groups in total. The number of aromatic nitrogens is 1. The van der Waals surface area contributed by atoms with Crippen molar-refractivity contribution in [2.45, 2.75) is 24.6 Å². The van der Waals surface area contributed by atoms with Crippen LogP contribution in [0.25, 0.3) is 0 Å². The molecule has 0 saturated heterocycles. The summed E-state index contributed by atoms with van der Waals surface area (Å²) < 4.78 is 4.89. The molecule has 1 aliphatic rings. The molecule has 2 rings (SSSR count). The summed E-state index contributed by atoms with van der Waals surface area (Å²) in [7, 11) is 0. The SMILES string of the molecule is Cc1noc2c1C(C(=O)O)C(C)(Cl)C=N2. The zero-order chi connectivity index (χ0) is 11.2. The van der Waals surface area contributed by atoms with Crippen LogP contribution in [0.4, 0.5) is 5.88 Å². The van der Waals surface area contributed by atoms with Crippen molar-refractivity contribution in [2.75, 3.05) is 0 Å². The third-order valence-electron chi connectivity index (χ3n) is 2.42. The van der Waals surface area contributed by atoms with Crippen molar-refractivity contribution in [3.63, 3.8) is 0 Å². The Labute approximate surface area is 90.7 Å². The molecule has 1 aromatic heterocycles. The monoisotopic (exact) mass is 228 g/mol. The van der Waals surface area contributed by atoms with E-state index in [1.165, 1.54) is 6.21 Å². The minimum absolute atomic E-state index is 0.234. The maximum atomic E-state index is 11.2. The van der Waals surface area contributed by atoms with Crippen molar-refractivity contribution in [1.82, 2.24) is 5.16 Å². The lowest BCUT2D eigenvalue weighted by Crippen LogP contribution is -2.36. The first-order valence-electron chi connectivity index (χ1n) is 4.36. The molecular weight excluding hydrogens is 220 g/mol. The number of hydrogen-bond donors (Lipinski definition) is 1. The van der Waals surface area contributed by atoms with Gasteiger partial charge in [-0.05, 0) is 13.8 Å². The fourth-order valence-electron chi connectivity index (χ4n) is 1.70. The van der Waals surface area contributed by atoms with Gasteiger partial charge >= 0.3 is 5.97 Å². The second kappa shape index (κ2) is 3.06. The summed E-state index contributed by atoms with van der Waals surface area (Å²) in [5, 5.41) is 12.8. The van der Waals surface area contributed by atoms with E-state index < -0.39 is 16.8 Å². The average molecular weight is 229 g/mol. The normalized spacial score (nSPS) is 28.9. The van der Waals surface area contributed by atoms with E-state index in [1.54, 1.807) is 13.8 Å². The van der Waals surface area contributed by atoms with Gasteiger partial charge < -0.3 is 9.63 Å². The van der Waals surface area contributed by atoms with E-state index in [1.807, 2.05) is 0 Å². The Morgan fingerprint density at radius 2 is 2.40 bits per heavy atom. The molecule has 15 heavy (non-hydrogen) atoms. The highest BCUT2D eigenvalue weighted by Gasteiger charge is 2.44. The largest absolute Gasteiger partial charge is 0.481 e. The number of fused-ring (bicyclic) bond motifs is 1. The first kappa shape index (κ1) is 10.2. The molecule has 0 radical (unpaired) electrons. The van der Waals surface area contributed by atoms with Gasteiger partial charge in [-0.1, -0.05) is 5.16 Å². The smallest absolute Gasteiger partial charge is 0.313 e. The van der Waals surface area contributed by atoms with Crippen molar-refractivity contribution in [3.8, 4) is 0 Å². The molecule has 5 nitrogen and oxygen atoms in total. The van der Waals surface area contributed by atoms with E-state index in [9.17, 15) is 4.79 Å². The van der Waals surface area contributed by atoms with E-state index >= 15 is 0 Å². The van der Waals surface area contributed by atoms with Crippen molar-refractivity contribution in [2.24, 2.45) is 4.99 Å². The number of halogens is 1. The third-order valence-corrected chi connectivity index (χ3v) is 2.74. The molecule has 0 aromatic carbocycles. The minimum Gasteiger partial charge on any atom is -0.481 e. The molecule has 2 atom stereocenters. The quantitative estimate of drug-likeness (QED) is 0.745. The van der Waals surface area contributed by atoms with Gasteiger partial charge in [-0.2, -0.15) is 0 Å². The fraction of sp³-hybridized carbons (Fsp3) is 0.444. The summed E-state index contributed by atoms with van der Waals surface area (Å²) >= 11 is 6.09. The van der Waals surface area contributed by atoms with Gasteiger partial charge in [0.1, 0.15) is 5.92 Å². The van der Waals surface area contributed by atoms with Crippen molar-refractivity contribution >= 4 is 29.7 Å². The van der Waals surface area contributed by atoms with Crippen LogP contribution in [0, 0.1) is 6.92 Å². The first-order chi connectivity index (χ1) is 6.93. The number of hydrogen-bond acceptors (Lipinski definition) is 4. The number of aryl methyl sites for hydroxylation is 1. The zero-order valence-electron chi connectivity index (χ0n) is 8.19. The van der Waals surface area contributed by atoms with Gasteiger partial charge in [-0.25, -0.2) is 4.99 Å². The van der Waals surface area contributed by atoms with Crippen LogP contribution in [-0.2, 0) is 4.79 Å². The Kier molecular flexibility index (Phi) is 2.08. The van der Waals surface area contributed by atoms with Gasteiger partial charge in [-0.3, -0.25) is 4.79 Å². The molecule has 0 saturated carbocycles. The number of carbonyl (C=O) groups is 1. The number of carboxylic acids is 1. The fourth-order valence-corrected chi connectivity index (χ4v) is 1.95. The summed E-state index contributed by atoms with van der Waals surface area (Å²) in [6.07, 6.45) is 1.38. The van der Waals surface area contributed by atoms with Crippen LogP contribution in [0.3, 0.4) is 0 Å². The number of aliphatic carboxylic acids is 1. The molecule has 2 unspecified atom stereocenters. The number of nitrogens with zero attached hydrogens (tertiary/aromatic N) is 2. The van der Waals surface area contributed by atoms with Gasteiger partial charge in [0.25, 0.3) is 5.88 Å². The van der Waals surface area contributed by atoms with Gasteiger partial charge in [0, 0.05) is 6.21 Å². The summed E-state index contributed by atoms with van der Waals surface area (Å²) in [5.74, 6) is -1.65. The van der Waals surface area contributed by atoms with Crippen LogP contribution < -0.4 is 0 Å². The Balaban J connectivity index is 2.63. The molecule has 80 valence electrons. The van der Waals surface area contributed by atoms with E-state index in [2.05, 4.69) is 10.1 Å². The Morgan fingerprint density at radius 3 is 3.00 bits per heavy atom. The standard InChI is InChI=1S/C9H9ClN2O3/c1-4-5-6(8(13)14)9(2,10)3-11-7(5)15-12-4/h3,6H,1-2H3,(H,13,14). The lowest BCUT2D eigenvalue weighted by atomic mass is 9.85. The van der Waals surface area contributed by atoms with Crippen molar-refractivity contribution in [1.29, 1.82) is 0 Å². The molecule has 0 bridgehead atoms. The highest BCUT2D eigenvalue weighted by molar-refractivity contribution is 6.34. The molecule has 6 heteroatoms. The third kappa shape index (κ3) is 1.43.